The van der Waals surface area contributed by atoms with Crippen molar-refractivity contribution in [3.05, 3.63) is 52.5 Å². The van der Waals surface area contributed by atoms with Gasteiger partial charge in [-0.05, 0) is 42.8 Å². The van der Waals surface area contributed by atoms with Gasteiger partial charge in [0, 0.05) is 5.69 Å². The van der Waals surface area contributed by atoms with Crippen molar-refractivity contribution in [2.24, 2.45) is 0 Å². The van der Waals surface area contributed by atoms with Crippen molar-refractivity contribution in [2.45, 2.75) is 13.1 Å². The zero-order chi connectivity index (χ0) is 20.9. The highest BCUT2D eigenvalue weighted by atomic mass is 35.5. The molecule has 0 unspecified atom stereocenters. The predicted molar refractivity (Wildman–Crippen MR) is 99.8 cm³/mol. The Balaban J connectivity index is 1.94. The molecule has 28 heavy (non-hydrogen) atoms. The lowest BCUT2D eigenvalue weighted by atomic mass is 10.2. The number of halogens is 4. The summed E-state index contributed by atoms with van der Waals surface area (Å²) in [5.41, 5.74) is 0.137. The van der Waals surface area contributed by atoms with Gasteiger partial charge in [-0.25, -0.2) is 4.79 Å². The molecule has 0 aliphatic carbocycles. The minimum atomic E-state index is -4.65. The maximum Gasteiger partial charge on any atom is 0.417 e. The molecule has 0 bridgehead atoms. The standard InChI is InChI=1S/C18H17ClF3N3O3/c1-10-3-6-15(28-2)14(7-10)25-16(26)9-23-17(27)24-11-4-5-13(19)12(8-11)18(20,21)22/h3-8H,9H2,1-2H3,(H,25,26)(H2,23,24,27). The molecule has 0 saturated heterocycles. The number of carbonyl (C=O) groups excluding carboxylic acids is 2. The third-order valence-corrected chi connectivity index (χ3v) is 3.90. The van der Waals surface area contributed by atoms with Crippen LogP contribution in [0.15, 0.2) is 36.4 Å². The minimum absolute atomic E-state index is 0.116. The number of benzene rings is 2. The van der Waals surface area contributed by atoms with Crippen LogP contribution in [0.5, 0.6) is 5.75 Å². The maximum absolute atomic E-state index is 12.8. The molecule has 0 aromatic heterocycles. The van der Waals surface area contributed by atoms with Gasteiger partial charge in [-0.1, -0.05) is 17.7 Å². The van der Waals surface area contributed by atoms with Gasteiger partial charge in [0.2, 0.25) is 5.91 Å². The lowest BCUT2D eigenvalue weighted by Crippen LogP contribution is -2.35. The fourth-order valence-corrected chi connectivity index (χ4v) is 2.49. The second kappa shape index (κ2) is 8.83. The lowest BCUT2D eigenvalue weighted by molar-refractivity contribution is -0.137. The van der Waals surface area contributed by atoms with Crippen molar-refractivity contribution >= 4 is 34.9 Å². The molecule has 3 amide bonds. The molecule has 3 N–H and O–H groups in total. The summed E-state index contributed by atoms with van der Waals surface area (Å²) in [6.07, 6.45) is -4.65. The van der Waals surface area contributed by atoms with Gasteiger partial charge in [0.05, 0.1) is 29.9 Å². The van der Waals surface area contributed by atoms with Crippen LogP contribution in [0.3, 0.4) is 0 Å². The quantitative estimate of drug-likeness (QED) is 0.675. The van der Waals surface area contributed by atoms with Crippen LogP contribution in [-0.4, -0.2) is 25.6 Å². The van der Waals surface area contributed by atoms with E-state index in [2.05, 4.69) is 16.0 Å². The Morgan fingerprint density at radius 1 is 1.11 bits per heavy atom. The molecule has 2 aromatic rings. The van der Waals surface area contributed by atoms with Gasteiger partial charge >= 0.3 is 12.2 Å². The molecular weight excluding hydrogens is 399 g/mol. The zero-order valence-corrected chi connectivity index (χ0v) is 15.7. The van der Waals surface area contributed by atoms with Crippen LogP contribution in [0.4, 0.5) is 29.3 Å². The molecule has 150 valence electrons. The molecule has 0 radical (unpaired) electrons. The van der Waals surface area contributed by atoms with Gasteiger partial charge in [-0.3, -0.25) is 4.79 Å². The first-order valence-corrected chi connectivity index (χ1v) is 8.34. The van der Waals surface area contributed by atoms with Crippen LogP contribution in [0.2, 0.25) is 5.02 Å². The number of ether oxygens (including phenoxy) is 1. The van der Waals surface area contributed by atoms with Crippen LogP contribution < -0.4 is 20.7 Å². The van der Waals surface area contributed by atoms with E-state index in [4.69, 9.17) is 16.3 Å². The van der Waals surface area contributed by atoms with E-state index >= 15 is 0 Å². The van der Waals surface area contributed by atoms with Gasteiger partial charge in [0.25, 0.3) is 0 Å². The fraction of sp³-hybridized carbons (Fsp3) is 0.222. The highest BCUT2D eigenvalue weighted by molar-refractivity contribution is 6.31. The highest BCUT2D eigenvalue weighted by Gasteiger charge is 2.33. The number of amides is 3. The first-order valence-electron chi connectivity index (χ1n) is 7.96. The largest absolute Gasteiger partial charge is 0.495 e. The van der Waals surface area contributed by atoms with Gasteiger partial charge in [-0.15, -0.1) is 0 Å². The predicted octanol–water partition coefficient (Wildman–Crippen LogP) is 4.44. The Bertz CT molecular complexity index is 888. The van der Waals surface area contributed by atoms with Crippen LogP contribution in [0.1, 0.15) is 11.1 Å². The molecular formula is C18H17ClF3N3O3. The maximum atomic E-state index is 12.8. The summed E-state index contributed by atoms with van der Waals surface area (Å²) >= 11 is 5.52. The average Bonchev–Trinajstić information content (AvgIpc) is 2.61. The summed E-state index contributed by atoms with van der Waals surface area (Å²) in [6.45, 7) is 1.44. The zero-order valence-electron chi connectivity index (χ0n) is 14.9. The second-order valence-corrected chi connectivity index (χ2v) is 6.16. The molecule has 2 aromatic carbocycles. The van der Waals surface area contributed by atoms with E-state index in [1.807, 2.05) is 13.0 Å². The Labute approximate surface area is 164 Å². The van der Waals surface area contributed by atoms with Crippen LogP contribution in [0, 0.1) is 6.92 Å². The molecule has 0 heterocycles. The normalized spacial score (nSPS) is 10.9. The van der Waals surface area contributed by atoms with Crippen LogP contribution in [-0.2, 0) is 11.0 Å². The third-order valence-electron chi connectivity index (χ3n) is 3.57. The Kier molecular flexibility index (Phi) is 6.74. The summed E-state index contributed by atoms with van der Waals surface area (Å²) in [4.78, 5) is 23.9. The number of hydrogen-bond donors (Lipinski definition) is 3. The number of rotatable bonds is 5. The molecule has 10 heteroatoms. The number of carbonyl (C=O) groups is 2. The number of aryl methyl sites for hydroxylation is 1. The first-order chi connectivity index (χ1) is 13.1. The van der Waals surface area contributed by atoms with E-state index in [0.29, 0.717) is 17.5 Å². The summed E-state index contributed by atoms with van der Waals surface area (Å²) in [5.74, 6) is -0.0876. The topological polar surface area (TPSA) is 79.5 Å². The highest BCUT2D eigenvalue weighted by Crippen LogP contribution is 2.36. The van der Waals surface area contributed by atoms with E-state index in [9.17, 15) is 22.8 Å². The number of anilines is 2. The molecule has 0 fully saturated rings. The summed E-state index contributed by atoms with van der Waals surface area (Å²) in [7, 11) is 1.45. The number of nitrogens with one attached hydrogen (secondary N) is 3. The van der Waals surface area contributed by atoms with E-state index < -0.39 is 35.2 Å². The monoisotopic (exact) mass is 415 g/mol. The van der Waals surface area contributed by atoms with Crippen molar-refractivity contribution in [2.75, 3.05) is 24.3 Å². The Morgan fingerprint density at radius 3 is 2.46 bits per heavy atom. The third kappa shape index (κ3) is 5.78. The number of hydrogen-bond acceptors (Lipinski definition) is 3. The molecule has 0 atom stereocenters. The molecule has 6 nitrogen and oxygen atoms in total. The fourth-order valence-electron chi connectivity index (χ4n) is 2.27. The van der Waals surface area contributed by atoms with Gasteiger partial charge in [0.15, 0.2) is 0 Å². The number of urea groups is 1. The van der Waals surface area contributed by atoms with Crippen LogP contribution >= 0.6 is 11.6 Å². The average molecular weight is 416 g/mol. The molecule has 0 saturated carbocycles. The SMILES string of the molecule is COc1ccc(C)cc1NC(=O)CNC(=O)Nc1ccc(Cl)c(C(F)(F)F)c1. The van der Waals surface area contributed by atoms with Crippen molar-refractivity contribution in [3.8, 4) is 5.75 Å². The van der Waals surface area contributed by atoms with E-state index in [1.54, 1.807) is 12.1 Å². The van der Waals surface area contributed by atoms with E-state index in [0.717, 1.165) is 11.6 Å². The van der Waals surface area contributed by atoms with Gasteiger partial charge in [0.1, 0.15) is 5.75 Å². The van der Waals surface area contributed by atoms with Crippen molar-refractivity contribution in [3.63, 3.8) is 0 Å². The molecule has 0 spiro atoms. The van der Waals surface area contributed by atoms with Crippen LogP contribution in [0.25, 0.3) is 0 Å². The molecule has 2 rings (SSSR count). The summed E-state index contributed by atoms with van der Waals surface area (Å²) in [6, 6.07) is 7.29. The van der Waals surface area contributed by atoms with E-state index in [-0.39, 0.29) is 5.69 Å². The van der Waals surface area contributed by atoms with E-state index in [1.165, 1.54) is 13.2 Å². The first kappa shape index (κ1) is 21.4. The molecule has 0 aliphatic heterocycles. The Morgan fingerprint density at radius 2 is 1.82 bits per heavy atom. The van der Waals surface area contributed by atoms with Gasteiger partial charge in [-0.2, -0.15) is 13.2 Å². The Hall–Kier alpha value is -2.94. The smallest absolute Gasteiger partial charge is 0.417 e. The van der Waals surface area contributed by atoms with Gasteiger partial charge < -0.3 is 20.7 Å². The second-order valence-electron chi connectivity index (χ2n) is 5.75. The summed E-state index contributed by atoms with van der Waals surface area (Å²) in [5, 5.41) is 6.58. The number of methoxy groups -OCH3 is 1. The summed E-state index contributed by atoms with van der Waals surface area (Å²) < 4.78 is 43.7. The van der Waals surface area contributed by atoms with Crippen molar-refractivity contribution in [1.29, 1.82) is 0 Å². The lowest BCUT2D eigenvalue weighted by Gasteiger charge is -2.13. The van der Waals surface area contributed by atoms with Crippen molar-refractivity contribution < 1.29 is 27.5 Å². The van der Waals surface area contributed by atoms with Crippen molar-refractivity contribution in [1.82, 2.24) is 5.32 Å². The number of alkyl halides is 3. The minimum Gasteiger partial charge on any atom is -0.495 e. The molecule has 0 aliphatic rings.